The third-order valence-electron chi connectivity index (χ3n) is 4.37. The summed E-state index contributed by atoms with van der Waals surface area (Å²) in [5.41, 5.74) is 7.90. The van der Waals surface area contributed by atoms with Gasteiger partial charge in [0.25, 0.3) is 0 Å². The second-order valence-corrected chi connectivity index (χ2v) is 5.92. The molecule has 0 atom stereocenters. The molecule has 1 aromatic carbocycles. The van der Waals surface area contributed by atoms with Crippen LogP contribution in [0.2, 0.25) is 0 Å². The van der Waals surface area contributed by atoms with Crippen LogP contribution in [-0.2, 0) is 0 Å². The van der Waals surface area contributed by atoms with Crippen LogP contribution >= 0.6 is 0 Å². The van der Waals surface area contributed by atoms with E-state index < -0.39 is 0 Å². The molecule has 0 radical (unpaired) electrons. The molecule has 1 aliphatic heterocycles. The molecule has 0 aliphatic carbocycles. The highest BCUT2D eigenvalue weighted by Crippen LogP contribution is 2.29. The van der Waals surface area contributed by atoms with Crippen LogP contribution < -0.4 is 20.4 Å². The van der Waals surface area contributed by atoms with E-state index in [1.165, 1.54) is 12.0 Å². The molecule has 3 rings (SSSR count). The maximum absolute atomic E-state index is 8.97. The molecule has 0 saturated carbocycles. The number of aromatic nitrogens is 2. The Morgan fingerprint density at radius 1 is 0.962 bits per heavy atom. The number of para-hydroxylation sites is 1. The number of hydrogen-bond donors (Lipinski definition) is 1. The van der Waals surface area contributed by atoms with Crippen molar-refractivity contribution < 1.29 is 0 Å². The van der Waals surface area contributed by atoms with Gasteiger partial charge >= 0.3 is 0 Å². The van der Waals surface area contributed by atoms with Crippen LogP contribution in [0, 0.1) is 22.7 Å². The van der Waals surface area contributed by atoms with Crippen LogP contribution in [0.5, 0.6) is 0 Å². The molecule has 132 valence electrons. The van der Waals surface area contributed by atoms with Crippen molar-refractivity contribution in [1.82, 2.24) is 9.97 Å². The molecular formula is C18H20N8. The normalized spacial score (nSPS) is 13.8. The third kappa shape index (κ3) is 3.60. The molecule has 2 N–H and O–H groups in total. The predicted octanol–water partition coefficient (Wildman–Crippen LogP) is 1.24. The summed E-state index contributed by atoms with van der Waals surface area (Å²) in [6.07, 6.45) is 1.44. The minimum atomic E-state index is 0.0516. The first-order valence-electron chi connectivity index (χ1n) is 8.39. The second-order valence-electron chi connectivity index (χ2n) is 5.92. The third-order valence-corrected chi connectivity index (χ3v) is 4.37. The van der Waals surface area contributed by atoms with Crippen LogP contribution in [0.1, 0.15) is 0 Å². The number of nitriles is 2. The fraction of sp³-hybridized carbons (Fsp3) is 0.333. The first kappa shape index (κ1) is 17.3. The number of anilines is 4. The lowest BCUT2D eigenvalue weighted by Gasteiger charge is -2.37. The largest absolute Gasteiger partial charge is 0.393 e. The zero-order valence-corrected chi connectivity index (χ0v) is 14.4. The molecule has 2 aromatic rings. The van der Waals surface area contributed by atoms with Gasteiger partial charge in [-0.25, -0.2) is 9.97 Å². The average Bonchev–Trinajstić information content (AvgIpc) is 2.69. The van der Waals surface area contributed by atoms with Crippen molar-refractivity contribution in [2.75, 3.05) is 59.7 Å². The fourth-order valence-corrected chi connectivity index (χ4v) is 3.07. The zero-order chi connectivity index (χ0) is 18.4. The van der Waals surface area contributed by atoms with Crippen molar-refractivity contribution >= 4 is 23.0 Å². The monoisotopic (exact) mass is 348 g/mol. The summed E-state index contributed by atoms with van der Waals surface area (Å²) in [5.74, 6) is 1.09. The van der Waals surface area contributed by atoms with Crippen molar-refractivity contribution in [1.29, 1.82) is 10.5 Å². The number of nitrogens with zero attached hydrogens (tertiary/aromatic N) is 7. The van der Waals surface area contributed by atoms with E-state index >= 15 is 0 Å². The minimum Gasteiger partial charge on any atom is -0.393 e. The first-order valence-corrected chi connectivity index (χ1v) is 8.39. The Kier molecular flexibility index (Phi) is 5.35. The smallest absolute Gasteiger partial charge is 0.159 e. The molecule has 1 aliphatic rings. The molecule has 1 fully saturated rings. The Labute approximate surface area is 152 Å². The van der Waals surface area contributed by atoms with E-state index in [1.54, 1.807) is 4.90 Å². The highest BCUT2D eigenvalue weighted by atomic mass is 15.3. The van der Waals surface area contributed by atoms with Gasteiger partial charge in [0.05, 0.1) is 12.1 Å². The molecule has 1 aromatic heterocycles. The van der Waals surface area contributed by atoms with E-state index in [4.69, 9.17) is 16.3 Å². The van der Waals surface area contributed by atoms with Crippen LogP contribution in [0.15, 0.2) is 36.7 Å². The molecule has 0 amide bonds. The van der Waals surface area contributed by atoms with Gasteiger partial charge in [0, 0.05) is 31.9 Å². The fourth-order valence-electron chi connectivity index (χ4n) is 3.07. The van der Waals surface area contributed by atoms with Gasteiger partial charge in [0.1, 0.15) is 25.1 Å². The Hall–Kier alpha value is -3.52. The van der Waals surface area contributed by atoms with E-state index in [2.05, 4.69) is 31.9 Å². The van der Waals surface area contributed by atoms with Gasteiger partial charge in [0.15, 0.2) is 11.6 Å². The van der Waals surface area contributed by atoms with E-state index in [-0.39, 0.29) is 13.1 Å². The maximum Gasteiger partial charge on any atom is 0.159 e. The number of nitrogens with two attached hydrogens (primary N) is 1. The standard InChI is InChI=1S/C18H20N8/c19-6-8-25(9-7-20)17-16(21)18(23-14-22-17)26-12-10-24(11-13-26)15-4-2-1-3-5-15/h1-5,14H,8-13,21H2. The van der Waals surface area contributed by atoms with E-state index in [9.17, 15) is 0 Å². The van der Waals surface area contributed by atoms with Gasteiger partial charge in [-0.15, -0.1) is 0 Å². The molecule has 8 nitrogen and oxygen atoms in total. The van der Waals surface area contributed by atoms with E-state index in [1.807, 2.05) is 30.3 Å². The van der Waals surface area contributed by atoms with E-state index in [0.717, 1.165) is 26.2 Å². The predicted molar refractivity (Wildman–Crippen MR) is 101 cm³/mol. The van der Waals surface area contributed by atoms with Crippen molar-refractivity contribution in [2.24, 2.45) is 0 Å². The summed E-state index contributed by atoms with van der Waals surface area (Å²) in [6, 6.07) is 14.4. The average molecular weight is 348 g/mol. The summed E-state index contributed by atoms with van der Waals surface area (Å²) >= 11 is 0. The van der Waals surface area contributed by atoms with Crippen LogP contribution in [-0.4, -0.2) is 49.2 Å². The lowest BCUT2D eigenvalue weighted by Crippen LogP contribution is -2.47. The number of rotatable bonds is 5. The van der Waals surface area contributed by atoms with Gasteiger partial charge in [-0.05, 0) is 12.1 Å². The quantitative estimate of drug-likeness (QED) is 0.804. The van der Waals surface area contributed by atoms with Gasteiger partial charge < -0.3 is 20.4 Å². The van der Waals surface area contributed by atoms with Gasteiger partial charge in [0.2, 0.25) is 0 Å². The van der Waals surface area contributed by atoms with Crippen molar-refractivity contribution in [2.45, 2.75) is 0 Å². The Morgan fingerprint density at radius 2 is 1.58 bits per heavy atom. The molecular weight excluding hydrogens is 328 g/mol. The van der Waals surface area contributed by atoms with Gasteiger partial charge in [-0.3, -0.25) is 0 Å². The van der Waals surface area contributed by atoms with E-state index in [0.29, 0.717) is 17.3 Å². The molecule has 8 heteroatoms. The molecule has 0 bridgehead atoms. The summed E-state index contributed by atoms with van der Waals surface area (Å²) in [5, 5.41) is 17.9. The highest BCUT2D eigenvalue weighted by molar-refractivity contribution is 5.76. The summed E-state index contributed by atoms with van der Waals surface area (Å²) in [7, 11) is 0. The number of hydrogen-bond acceptors (Lipinski definition) is 8. The zero-order valence-electron chi connectivity index (χ0n) is 14.4. The topological polar surface area (TPSA) is 109 Å². The Morgan fingerprint density at radius 3 is 2.19 bits per heavy atom. The molecule has 2 heterocycles. The molecule has 26 heavy (non-hydrogen) atoms. The van der Waals surface area contributed by atoms with Crippen molar-refractivity contribution in [3.8, 4) is 12.1 Å². The number of piperazine rings is 1. The summed E-state index contributed by atoms with van der Waals surface area (Å²) in [4.78, 5) is 14.5. The van der Waals surface area contributed by atoms with Gasteiger partial charge in [-0.2, -0.15) is 10.5 Å². The maximum atomic E-state index is 8.97. The number of nitrogen functional groups attached to an aromatic ring is 1. The molecule has 1 saturated heterocycles. The van der Waals surface area contributed by atoms with Crippen LogP contribution in [0.3, 0.4) is 0 Å². The Bertz CT molecular complexity index is 799. The molecule has 0 unspecified atom stereocenters. The lowest BCUT2D eigenvalue weighted by atomic mass is 10.2. The second kappa shape index (κ2) is 8.04. The van der Waals surface area contributed by atoms with Crippen LogP contribution in [0.25, 0.3) is 0 Å². The highest BCUT2D eigenvalue weighted by Gasteiger charge is 2.23. The molecule has 0 spiro atoms. The van der Waals surface area contributed by atoms with Crippen LogP contribution in [0.4, 0.5) is 23.0 Å². The number of benzene rings is 1. The lowest BCUT2D eigenvalue weighted by molar-refractivity contribution is 0.647. The minimum absolute atomic E-state index is 0.0516. The summed E-state index contributed by atoms with van der Waals surface area (Å²) in [6.45, 7) is 3.40. The Balaban J connectivity index is 1.76. The van der Waals surface area contributed by atoms with Gasteiger partial charge in [-0.1, -0.05) is 18.2 Å². The van der Waals surface area contributed by atoms with Crippen molar-refractivity contribution in [3.63, 3.8) is 0 Å². The van der Waals surface area contributed by atoms with Crippen molar-refractivity contribution in [3.05, 3.63) is 36.7 Å². The first-order chi connectivity index (χ1) is 12.7. The SMILES string of the molecule is N#CCN(CC#N)c1ncnc(N2CCN(c3ccccc3)CC2)c1N. The summed E-state index contributed by atoms with van der Waals surface area (Å²) < 4.78 is 0.